The van der Waals surface area contributed by atoms with Gasteiger partial charge in [-0.3, -0.25) is 0 Å². The van der Waals surface area contributed by atoms with Crippen molar-refractivity contribution in [2.45, 2.75) is 25.9 Å². The van der Waals surface area contributed by atoms with Gasteiger partial charge in [0.25, 0.3) is 0 Å². The van der Waals surface area contributed by atoms with Gasteiger partial charge in [0.15, 0.2) is 0 Å². The molecule has 1 N–H and O–H groups in total. The second-order valence-electron chi connectivity index (χ2n) is 4.72. The van der Waals surface area contributed by atoms with Crippen LogP contribution in [0.15, 0.2) is 0 Å². The minimum absolute atomic E-state index is 0.253. The summed E-state index contributed by atoms with van der Waals surface area (Å²) in [4.78, 5) is 0. The fourth-order valence-electron chi connectivity index (χ4n) is 2.24. The smallest absolute Gasteiger partial charge is 0.0587 e. The van der Waals surface area contributed by atoms with Crippen LogP contribution in [0.1, 0.15) is 19.8 Å². The van der Waals surface area contributed by atoms with Crippen molar-refractivity contribution in [1.29, 1.82) is 0 Å². The molecule has 0 spiro atoms. The van der Waals surface area contributed by atoms with Crippen molar-refractivity contribution in [3.05, 3.63) is 0 Å². The maximum atomic E-state index is 5.54. The summed E-state index contributed by atoms with van der Waals surface area (Å²) in [5.74, 6) is 0. The van der Waals surface area contributed by atoms with E-state index >= 15 is 0 Å². The van der Waals surface area contributed by atoms with E-state index in [1.807, 2.05) is 0 Å². The standard InChI is InChI=1S/C12H25NO3/c1-11(15-3)8-12(4-6-16-10-12)9-13-5-7-14-2/h11,13H,4-10H2,1-3H3. The van der Waals surface area contributed by atoms with Gasteiger partial charge in [-0.15, -0.1) is 0 Å². The molecule has 96 valence electrons. The quantitative estimate of drug-likeness (QED) is 0.634. The van der Waals surface area contributed by atoms with Gasteiger partial charge in [0.2, 0.25) is 0 Å². The molecule has 0 aromatic carbocycles. The molecule has 2 unspecified atom stereocenters. The molecular formula is C12H25NO3. The van der Waals surface area contributed by atoms with Crippen molar-refractivity contribution in [3.8, 4) is 0 Å². The summed E-state index contributed by atoms with van der Waals surface area (Å²) in [5.41, 5.74) is 0.253. The molecule has 1 fully saturated rings. The average Bonchev–Trinajstić information content (AvgIpc) is 2.73. The molecule has 16 heavy (non-hydrogen) atoms. The second kappa shape index (κ2) is 7.22. The van der Waals surface area contributed by atoms with Crippen LogP contribution in [0.2, 0.25) is 0 Å². The third-order valence-electron chi connectivity index (χ3n) is 3.29. The molecule has 0 bridgehead atoms. The van der Waals surface area contributed by atoms with Gasteiger partial charge >= 0.3 is 0 Å². The lowest BCUT2D eigenvalue weighted by Crippen LogP contribution is -2.38. The van der Waals surface area contributed by atoms with Gasteiger partial charge in [0, 0.05) is 39.3 Å². The molecule has 1 rings (SSSR count). The Morgan fingerprint density at radius 3 is 2.81 bits per heavy atom. The fourth-order valence-corrected chi connectivity index (χ4v) is 2.24. The van der Waals surface area contributed by atoms with E-state index < -0.39 is 0 Å². The van der Waals surface area contributed by atoms with Crippen LogP contribution < -0.4 is 5.32 Å². The van der Waals surface area contributed by atoms with Crippen LogP contribution in [-0.4, -0.2) is 53.2 Å². The van der Waals surface area contributed by atoms with Crippen molar-refractivity contribution < 1.29 is 14.2 Å². The van der Waals surface area contributed by atoms with Crippen LogP contribution in [0, 0.1) is 5.41 Å². The first-order valence-corrected chi connectivity index (χ1v) is 6.03. The van der Waals surface area contributed by atoms with E-state index in [1.165, 1.54) is 0 Å². The number of nitrogens with one attached hydrogen (secondary N) is 1. The van der Waals surface area contributed by atoms with E-state index in [0.29, 0.717) is 6.10 Å². The summed E-state index contributed by atoms with van der Waals surface area (Å²) >= 11 is 0. The summed E-state index contributed by atoms with van der Waals surface area (Å²) < 4.78 is 15.9. The SMILES string of the molecule is COCCNCC1(CC(C)OC)CCOC1. The topological polar surface area (TPSA) is 39.7 Å². The van der Waals surface area contributed by atoms with Crippen LogP contribution in [-0.2, 0) is 14.2 Å². The van der Waals surface area contributed by atoms with Crippen molar-refractivity contribution in [2.24, 2.45) is 5.41 Å². The average molecular weight is 231 g/mol. The normalized spacial score (nSPS) is 27.2. The summed E-state index contributed by atoms with van der Waals surface area (Å²) in [5, 5.41) is 3.44. The highest BCUT2D eigenvalue weighted by molar-refractivity contribution is 4.87. The maximum Gasteiger partial charge on any atom is 0.0587 e. The van der Waals surface area contributed by atoms with Crippen molar-refractivity contribution in [3.63, 3.8) is 0 Å². The number of hydrogen-bond donors (Lipinski definition) is 1. The molecule has 4 heteroatoms. The predicted molar refractivity (Wildman–Crippen MR) is 63.7 cm³/mol. The number of rotatable bonds is 8. The summed E-state index contributed by atoms with van der Waals surface area (Å²) in [6, 6.07) is 0. The van der Waals surface area contributed by atoms with Crippen molar-refractivity contribution >= 4 is 0 Å². The molecule has 1 saturated heterocycles. The van der Waals surface area contributed by atoms with Crippen LogP contribution >= 0.6 is 0 Å². The fraction of sp³-hybridized carbons (Fsp3) is 1.00. The Labute approximate surface area is 98.6 Å². The third kappa shape index (κ3) is 4.37. The Hall–Kier alpha value is -0.160. The molecule has 0 radical (unpaired) electrons. The Kier molecular flexibility index (Phi) is 6.28. The first-order chi connectivity index (χ1) is 7.72. The summed E-state index contributed by atoms with van der Waals surface area (Å²) in [7, 11) is 3.50. The molecule has 1 heterocycles. The molecule has 0 aromatic heterocycles. The van der Waals surface area contributed by atoms with Crippen LogP contribution in [0.4, 0.5) is 0 Å². The minimum atomic E-state index is 0.253. The zero-order chi connectivity index (χ0) is 11.9. The lowest BCUT2D eigenvalue weighted by Gasteiger charge is -2.30. The number of hydrogen-bond acceptors (Lipinski definition) is 4. The second-order valence-corrected chi connectivity index (χ2v) is 4.72. The van der Waals surface area contributed by atoms with Gasteiger partial charge in [-0.25, -0.2) is 0 Å². The van der Waals surface area contributed by atoms with Gasteiger partial charge in [0.1, 0.15) is 0 Å². The van der Waals surface area contributed by atoms with Crippen LogP contribution in [0.5, 0.6) is 0 Å². The van der Waals surface area contributed by atoms with Gasteiger partial charge < -0.3 is 19.5 Å². The zero-order valence-corrected chi connectivity index (χ0v) is 10.8. The number of methoxy groups -OCH3 is 2. The molecular weight excluding hydrogens is 206 g/mol. The molecule has 4 nitrogen and oxygen atoms in total. The highest BCUT2D eigenvalue weighted by atomic mass is 16.5. The first-order valence-electron chi connectivity index (χ1n) is 6.03. The van der Waals surface area contributed by atoms with Gasteiger partial charge in [0.05, 0.1) is 19.3 Å². The van der Waals surface area contributed by atoms with Crippen molar-refractivity contribution in [2.75, 3.05) is 47.1 Å². The molecule has 0 saturated carbocycles. The van der Waals surface area contributed by atoms with E-state index in [9.17, 15) is 0 Å². The van der Waals surface area contributed by atoms with E-state index in [2.05, 4.69) is 12.2 Å². The van der Waals surface area contributed by atoms with E-state index in [-0.39, 0.29) is 5.41 Å². The van der Waals surface area contributed by atoms with E-state index in [4.69, 9.17) is 14.2 Å². The minimum Gasteiger partial charge on any atom is -0.383 e. The highest BCUT2D eigenvalue weighted by Crippen LogP contribution is 2.33. The zero-order valence-electron chi connectivity index (χ0n) is 10.8. The maximum absolute atomic E-state index is 5.54. The van der Waals surface area contributed by atoms with Gasteiger partial charge in [-0.1, -0.05) is 0 Å². The largest absolute Gasteiger partial charge is 0.383 e. The van der Waals surface area contributed by atoms with E-state index in [1.54, 1.807) is 14.2 Å². The lowest BCUT2D eigenvalue weighted by atomic mass is 9.81. The Balaban J connectivity index is 2.33. The Morgan fingerprint density at radius 2 is 2.25 bits per heavy atom. The van der Waals surface area contributed by atoms with Crippen LogP contribution in [0.3, 0.4) is 0 Å². The molecule has 0 amide bonds. The number of ether oxygens (including phenoxy) is 3. The molecule has 1 aliphatic heterocycles. The van der Waals surface area contributed by atoms with Gasteiger partial charge in [-0.05, 0) is 19.8 Å². The molecule has 2 atom stereocenters. The molecule has 0 aliphatic carbocycles. The monoisotopic (exact) mass is 231 g/mol. The summed E-state index contributed by atoms with van der Waals surface area (Å²) in [6.45, 7) is 6.50. The highest BCUT2D eigenvalue weighted by Gasteiger charge is 2.35. The third-order valence-corrected chi connectivity index (χ3v) is 3.29. The van der Waals surface area contributed by atoms with Gasteiger partial charge in [-0.2, -0.15) is 0 Å². The van der Waals surface area contributed by atoms with Crippen LogP contribution in [0.25, 0.3) is 0 Å². The van der Waals surface area contributed by atoms with E-state index in [0.717, 1.165) is 45.8 Å². The Bertz CT molecular complexity index is 181. The lowest BCUT2D eigenvalue weighted by molar-refractivity contribution is 0.0537. The molecule has 1 aliphatic rings. The Morgan fingerprint density at radius 1 is 1.44 bits per heavy atom. The first kappa shape index (κ1) is 13.9. The molecule has 0 aromatic rings. The van der Waals surface area contributed by atoms with Crippen molar-refractivity contribution in [1.82, 2.24) is 5.32 Å². The summed E-state index contributed by atoms with van der Waals surface area (Å²) in [6.07, 6.45) is 2.48. The predicted octanol–water partition coefficient (Wildman–Crippen LogP) is 1.05.